The summed E-state index contributed by atoms with van der Waals surface area (Å²) in [6, 6.07) is 13.7. The number of phenols is 1. The summed E-state index contributed by atoms with van der Waals surface area (Å²) in [6.07, 6.45) is 0. The molecule has 2 aromatic carbocycles. The Bertz CT molecular complexity index is 1210. The molecule has 2 heterocycles. The average molecular weight is 397 g/mol. The fourth-order valence-corrected chi connectivity index (χ4v) is 2.97. The molecule has 0 aliphatic rings. The number of rotatable bonds is 3. The van der Waals surface area contributed by atoms with Gasteiger partial charge in [-0.3, -0.25) is 4.79 Å². The molecule has 28 heavy (non-hydrogen) atoms. The van der Waals surface area contributed by atoms with Crippen LogP contribution in [0.2, 0.25) is 5.02 Å². The van der Waals surface area contributed by atoms with Crippen LogP contribution in [0.4, 0.5) is 10.1 Å². The molecular formula is C20H14ClFN4O2. The molecule has 140 valence electrons. The van der Waals surface area contributed by atoms with Crippen LogP contribution in [-0.4, -0.2) is 25.6 Å². The van der Waals surface area contributed by atoms with Gasteiger partial charge in [0.05, 0.1) is 11.4 Å². The minimum absolute atomic E-state index is 0.102. The number of nitrogens with zero attached hydrogens (tertiary/aromatic N) is 3. The maximum atomic E-state index is 13.2. The van der Waals surface area contributed by atoms with Gasteiger partial charge in [-0.2, -0.15) is 5.10 Å². The van der Waals surface area contributed by atoms with Crippen LogP contribution in [-0.2, 0) is 0 Å². The van der Waals surface area contributed by atoms with E-state index < -0.39 is 5.91 Å². The molecule has 8 heteroatoms. The Morgan fingerprint density at radius 3 is 2.64 bits per heavy atom. The largest absolute Gasteiger partial charge is 0.506 e. The molecule has 0 aliphatic heterocycles. The summed E-state index contributed by atoms with van der Waals surface area (Å²) in [6.45, 7) is 1.83. The maximum Gasteiger partial charge on any atom is 0.276 e. The summed E-state index contributed by atoms with van der Waals surface area (Å²) in [5.74, 6) is -0.936. The van der Waals surface area contributed by atoms with Crippen LogP contribution in [0.5, 0.6) is 5.75 Å². The number of fused-ring (bicyclic) bond motifs is 1. The Labute approximate surface area is 164 Å². The first kappa shape index (κ1) is 17.9. The molecule has 0 fully saturated rings. The third-order valence-corrected chi connectivity index (χ3v) is 4.42. The molecule has 0 saturated heterocycles. The van der Waals surface area contributed by atoms with Gasteiger partial charge in [0.1, 0.15) is 11.6 Å². The van der Waals surface area contributed by atoms with Gasteiger partial charge >= 0.3 is 0 Å². The Morgan fingerprint density at radius 1 is 1.14 bits per heavy atom. The van der Waals surface area contributed by atoms with Gasteiger partial charge < -0.3 is 10.4 Å². The third kappa shape index (κ3) is 3.39. The summed E-state index contributed by atoms with van der Waals surface area (Å²) < 4.78 is 14.7. The molecule has 0 unspecified atom stereocenters. The van der Waals surface area contributed by atoms with E-state index in [4.69, 9.17) is 11.6 Å². The number of aryl methyl sites for hydroxylation is 1. The van der Waals surface area contributed by atoms with Crippen LogP contribution in [0.15, 0.2) is 54.6 Å². The van der Waals surface area contributed by atoms with Crippen molar-refractivity contribution >= 4 is 28.8 Å². The quantitative estimate of drug-likeness (QED) is 0.501. The monoisotopic (exact) mass is 396 g/mol. The third-order valence-electron chi connectivity index (χ3n) is 4.18. The van der Waals surface area contributed by atoms with Crippen molar-refractivity contribution in [2.45, 2.75) is 6.92 Å². The normalized spacial score (nSPS) is 11.0. The number of hydrogen-bond donors (Lipinski definition) is 2. The lowest BCUT2D eigenvalue weighted by Crippen LogP contribution is -2.13. The van der Waals surface area contributed by atoms with Crippen molar-refractivity contribution in [2.24, 2.45) is 0 Å². The SMILES string of the molecule is Cc1cc(-c2ccc(F)cc2)nc2cc(C(=O)Nc3cc(Cl)ccc3O)nn12. The number of carbonyl (C=O) groups excluding carboxylic acids is 1. The van der Waals surface area contributed by atoms with E-state index in [0.29, 0.717) is 16.4 Å². The lowest BCUT2D eigenvalue weighted by Gasteiger charge is -2.06. The fraction of sp³-hybridized carbons (Fsp3) is 0.0500. The highest BCUT2D eigenvalue weighted by molar-refractivity contribution is 6.31. The highest BCUT2D eigenvalue weighted by atomic mass is 35.5. The molecule has 4 rings (SSSR count). The van der Waals surface area contributed by atoms with Gasteiger partial charge in [0.2, 0.25) is 0 Å². The van der Waals surface area contributed by atoms with E-state index in [0.717, 1.165) is 11.3 Å². The Balaban J connectivity index is 1.69. The molecule has 0 spiro atoms. The Kier molecular flexibility index (Phi) is 4.44. The number of phenolic OH excluding ortho intramolecular Hbond substituents is 1. The highest BCUT2D eigenvalue weighted by Gasteiger charge is 2.16. The molecule has 2 aromatic heterocycles. The molecule has 1 amide bonds. The molecular weight excluding hydrogens is 383 g/mol. The second-order valence-corrected chi connectivity index (χ2v) is 6.64. The first-order valence-electron chi connectivity index (χ1n) is 8.34. The number of aromatic nitrogens is 3. The van der Waals surface area contributed by atoms with E-state index in [-0.39, 0.29) is 22.9 Å². The maximum absolute atomic E-state index is 13.2. The predicted octanol–water partition coefficient (Wildman–Crippen LogP) is 4.46. The van der Waals surface area contributed by atoms with Gasteiger partial charge in [-0.1, -0.05) is 11.6 Å². The van der Waals surface area contributed by atoms with E-state index >= 15 is 0 Å². The Hall–Kier alpha value is -3.45. The second-order valence-electron chi connectivity index (χ2n) is 6.20. The van der Waals surface area contributed by atoms with Crippen molar-refractivity contribution in [2.75, 3.05) is 5.32 Å². The predicted molar refractivity (Wildman–Crippen MR) is 104 cm³/mol. The standard InChI is InChI=1S/C20H14ClFN4O2/c1-11-8-15(12-2-5-14(22)6-3-12)23-19-10-17(25-26(11)19)20(28)24-16-9-13(21)4-7-18(16)27/h2-10,27H,1H3,(H,24,28). The number of aromatic hydroxyl groups is 1. The Morgan fingerprint density at radius 2 is 1.89 bits per heavy atom. The lowest BCUT2D eigenvalue weighted by molar-refractivity contribution is 0.102. The fourth-order valence-electron chi connectivity index (χ4n) is 2.80. The average Bonchev–Trinajstić information content (AvgIpc) is 3.10. The number of carbonyl (C=O) groups is 1. The van der Waals surface area contributed by atoms with Gasteiger partial charge in [-0.25, -0.2) is 13.9 Å². The number of amides is 1. The first-order chi connectivity index (χ1) is 13.4. The van der Waals surface area contributed by atoms with Gasteiger partial charge in [0.25, 0.3) is 5.91 Å². The van der Waals surface area contributed by atoms with Gasteiger partial charge in [0, 0.05) is 22.3 Å². The molecule has 0 bridgehead atoms. The van der Waals surface area contributed by atoms with Crippen molar-refractivity contribution in [1.29, 1.82) is 0 Å². The molecule has 0 radical (unpaired) electrons. The first-order valence-corrected chi connectivity index (χ1v) is 8.72. The van der Waals surface area contributed by atoms with Crippen molar-refractivity contribution in [3.8, 4) is 17.0 Å². The lowest BCUT2D eigenvalue weighted by atomic mass is 10.1. The summed E-state index contributed by atoms with van der Waals surface area (Å²) in [7, 11) is 0. The number of halogens is 2. The van der Waals surface area contributed by atoms with Crippen molar-refractivity contribution in [3.63, 3.8) is 0 Å². The minimum Gasteiger partial charge on any atom is -0.506 e. The topological polar surface area (TPSA) is 79.5 Å². The van der Waals surface area contributed by atoms with Gasteiger partial charge in [-0.15, -0.1) is 0 Å². The van der Waals surface area contributed by atoms with E-state index in [1.165, 1.54) is 36.4 Å². The molecule has 6 nitrogen and oxygen atoms in total. The minimum atomic E-state index is -0.509. The zero-order valence-electron chi connectivity index (χ0n) is 14.6. The van der Waals surface area contributed by atoms with Gasteiger partial charge in [0.15, 0.2) is 11.3 Å². The van der Waals surface area contributed by atoms with Crippen molar-refractivity contribution < 1.29 is 14.3 Å². The number of nitrogens with one attached hydrogen (secondary N) is 1. The van der Waals surface area contributed by atoms with Crippen molar-refractivity contribution in [1.82, 2.24) is 14.6 Å². The van der Waals surface area contributed by atoms with Crippen LogP contribution in [0, 0.1) is 12.7 Å². The summed E-state index contributed by atoms with van der Waals surface area (Å²) in [5.41, 5.74) is 2.94. The molecule has 4 aromatic rings. The van der Waals surface area contributed by atoms with Crippen LogP contribution in [0.25, 0.3) is 16.9 Å². The van der Waals surface area contributed by atoms with Gasteiger partial charge in [-0.05, 0) is 55.5 Å². The summed E-state index contributed by atoms with van der Waals surface area (Å²) >= 11 is 5.90. The number of hydrogen-bond acceptors (Lipinski definition) is 4. The van der Waals surface area contributed by atoms with E-state index in [1.807, 2.05) is 6.92 Å². The van der Waals surface area contributed by atoms with E-state index in [9.17, 15) is 14.3 Å². The van der Waals surface area contributed by atoms with Crippen LogP contribution in [0.1, 0.15) is 16.2 Å². The molecule has 0 saturated carbocycles. The number of anilines is 1. The van der Waals surface area contributed by atoms with Crippen LogP contribution in [0.3, 0.4) is 0 Å². The summed E-state index contributed by atoms with van der Waals surface area (Å²) in [4.78, 5) is 17.0. The number of benzene rings is 2. The summed E-state index contributed by atoms with van der Waals surface area (Å²) in [5, 5.41) is 17.1. The van der Waals surface area contributed by atoms with Crippen LogP contribution >= 0.6 is 11.6 Å². The zero-order chi connectivity index (χ0) is 19.8. The molecule has 2 N–H and O–H groups in total. The van der Waals surface area contributed by atoms with E-state index in [2.05, 4.69) is 15.4 Å². The van der Waals surface area contributed by atoms with Crippen LogP contribution < -0.4 is 5.32 Å². The highest BCUT2D eigenvalue weighted by Crippen LogP contribution is 2.27. The molecule has 0 aliphatic carbocycles. The zero-order valence-corrected chi connectivity index (χ0v) is 15.4. The molecule has 0 atom stereocenters. The smallest absolute Gasteiger partial charge is 0.276 e. The second kappa shape index (κ2) is 6.94. The van der Waals surface area contributed by atoms with E-state index in [1.54, 1.807) is 22.7 Å². The van der Waals surface area contributed by atoms with Crippen molar-refractivity contribution in [3.05, 3.63) is 76.8 Å².